The summed E-state index contributed by atoms with van der Waals surface area (Å²) in [5.41, 5.74) is 13.6. The van der Waals surface area contributed by atoms with Gasteiger partial charge in [-0.1, -0.05) is 42.5 Å². The number of hydrogen-bond acceptors (Lipinski definition) is 6. The van der Waals surface area contributed by atoms with Crippen LogP contribution in [-0.4, -0.2) is 30.4 Å². The lowest BCUT2D eigenvalue weighted by Gasteiger charge is -2.18. The van der Waals surface area contributed by atoms with E-state index in [1.54, 1.807) is 23.5 Å². The molecule has 2 aromatic carbocycles. The molecule has 35 heavy (non-hydrogen) atoms. The van der Waals surface area contributed by atoms with E-state index in [9.17, 15) is 14.4 Å². The van der Waals surface area contributed by atoms with Gasteiger partial charge in [-0.2, -0.15) is 0 Å². The minimum absolute atomic E-state index is 0.186. The fourth-order valence-corrected chi connectivity index (χ4v) is 4.13. The molecular weight excluding hydrogens is 464 g/mol. The molecule has 1 aromatic heterocycles. The lowest BCUT2D eigenvalue weighted by atomic mass is 10.1. The van der Waals surface area contributed by atoms with Gasteiger partial charge in [0.1, 0.15) is 11.8 Å². The number of hydrogen-bond donors (Lipinski definition) is 4. The Morgan fingerprint density at radius 2 is 1.63 bits per heavy atom. The second-order valence-corrected chi connectivity index (χ2v) is 9.07. The van der Waals surface area contributed by atoms with Gasteiger partial charge in [0.15, 0.2) is 6.61 Å². The molecule has 0 bridgehead atoms. The van der Waals surface area contributed by atoms with Gasteiger partial charge < -0.3 is 26.8 Å². The zero-order valence-electron chi connectivity index (χ0n) is 19.4. The van der Waals surface area contributed by atoms with Crippen molar-refractivity contribution >= 4 is 29.1 Å². The summed E-state index contributed by atoms with van der Waals surface area (Å²) in [6, 6.07) is 18.0. The molecule has 0 saturated heterocycles. The largest absolute Gasteiger partial charge is 0.484 e. The molecule has 0 unspecified atom stereocenters. The van der Waals surface area contributed by atoms with E-state index in [1.807, 2.05) is 53.9 Å². The SMILES string of the molecule is NCc1ccc(CNC(=O)[C@H](Cc2cccs2)NC(=O)CCc2ccc(OCC(N)=O)cc2)cc1. The first kappa shape index (κ1) is 25.9. The molecule has 0 fully saturated rings. The summed E-state index contributed by atoms with van der Waals surface area (Å²) >= 11 is 1.55. The van der Waals surface area contributed by atoms with Crippen molar-refractivity contribution in [2.75, 3.05) is 6.61 Å². The number of carbonyl (C=O) groups excluding carboxylic acids is 3. The first-order valence-corrected chi connectivity index (χ1v) is 12.2. The Hall–Kier alpha value is -3.69. The van der Waals surface area contributed by atoms with Gasteiger partial charge in [0.2, 0.25) is 11.8 Å². The Kier molecular flexibility index (Phi) is 9.82. The average Bonchev–Trinajstić information content (AvgIpc) is 3.38. The van der Waals surface area contributed by atoms with Gasteiger partial charge in [0, 0.05) is 30.8 Å². The van der Waals surface area contributed by atoms with E-state index in [0.29, 0.717) is 31.7 Å². The van der Waals surface area contributed by atoms with Crippen LogP contribution in [0.1, 0.15) is 28.0 Å². The minimum Gasteiger partial charge on any atom is -0.484 e. The number of carbonyl (C=O) groups is 3. The van der Waals surface area contributed by atoms with Gasteiger partial charge in [-0.05, 0) is 46.7 Å². The quantitative estimate of drug-likeness (QED) is 0.288. The van der Waals surface area contributed by atoms with Crippen LogP contribution in [0, 0.1) is 0 Å². The highest BCUT2D eigenvalue weighted by atomic mass is 32.1. The summed E-state index contributed by atoms with van der Waals surface area (Å²) in [4.78, 5) is 37.4. The molecule has 1 atom stereocenters. The van der Waals surface area contributed by atoms with Crippen LogP contribution >= 0.6 is 11.3 Å². The molecule has 0 aliphatic rings. The van der Waals surface area contributed by atoms with Crippen molar-refractivity contribution in [1.82, 2.24) is 10.6 Å². The van der Waals surface area contributed by atoms with Gasteiger partial charge in [0.05, 0.1) is 0 Å². The summed E-state index contributed by atoms with van der Waals surface area (Å²) in [6.45, 7) is 0.647. The van der Waals surface area contributed by atoms with Crippen molar-refractivity contribution in [3.8, 4) is 5.75 Å². The molecule has 0 aliphatic carbocycles. The molecule has 184 valence electrons. The Labute approximate surface area is 208 Å². The maximum atomic E-state index is 12.9. The third-order valence-electron chi connectivity index (χ3n) is 5.31. The number of nitrogens with two attached hydrogens (primary N) is 2. The topological polar surface area (TPSA) is 137 Å². The second kappa shape index (κ2) is 13.3. The highest BCUT2D eigenvalue weighted by molar-refractivity contribution is 7.09. The van der Waals surface area contributed by atoms with Crippen LogP contribution in [0.2, 0.25) is 0 Å². The first-order valence-electron chi connectivity index (χ1n) is 11.3. The third kappa shape index (κ3) is 8.88. The lowest BCUT2D eigenvalue weighted by molar-refractivity contribution is -0.129. The predicted molar refractivity (Wildman–Crippen MR) is 136 cm³/mol. The van der Waals surface area contributed by atoms with Gasteiger partial charge in [0.25, 0.3) is 5.91 Å². The third-order valence-corrected chi connectivity index (χ3v) is 6.21. The maximum absolute atomic E-state index is 12.9. The Balaban J connectivity index is 1.53. The van der Waals surface area contributed by atoms with Gasteiger partial charge in [-0.3, -0.25) is 14.4 Å². The van der Waals surface area contributed by atoms with Gasteiger partial charge in [-0.25, -0.2) is 0 Å². The van der Waals surface area contributed by atoms with E-state index in [4.69, 9.17) is 16.2 Å². The van der Waals surface area contributed by atoms with E-state index in [2.05, 4.69) is 10.6 Å². The van der Waals surface area contributed by atoms with E-state index >= 15 is 0 Å². The lowest BCUT2D eigenvalue weighted by Crippen LogP contribution is -2.47. The minimum atomic E-state index is -0.672. The van der Waals surface area contributed by atoms with Crippen LogP contribution < -0.4 is 26.8 Å². The number of ether oxygens (including phenoxy) is 1. The molecule has 3 aromatic rings. The number of thiophene rings is 1. The predicted octanol–water partition coefficient (Wildman–Crippen LogP) is 2.05. The van der Waals surface area contributed by atoms with E-state index < -0.39 is 11.9 Å². The zero-order valence-corrected chi connectivity index (χ0v) is 20.2. The van der Waals surface area contributed by atoms with Gasteiger partial charge >= 0.3 is 0 Å². The molecule has 3 rings (SSSR count). The van der Waals surface area contributed by atoms with Crippen LogP contribution in [-0.2, 0) is 40.3 Å². The Morgan fingerprint density at radius 3 is 2.26 bits per heavy atom. The number of nitrogens with one attached hydrogen (secondary N) is 2. The fourth-order valence-electron chi connectivity index (χ4n) is 3.38. The van der Waals surface area contributed by atoms with Crippen molar-refractivity contribution in [2.45, 2.75) is 38.4 Å². The van der Waals surface area contributed by atoms with Crippen molar-refractivity contribution in [3.63, 3.8) is 0 Å². The molecule has 0 radical (unpaired) electrons. The molecule has 6 N–H and O–H groups in total. The molecule has 3 amide bonds. The van der Waals surface area contributed by atoms with Gasteiger partial charge in [-0.15, -0.1) is 11.3 Å². The van der Waals surface area contributed by atoms with E-state index in [0.717, 1.165) is 21.6 Å². The summed E-state index contributed by atoms with van der Waals surface area (Å²) in [5.74, 6) is -0.451. The van der Waals surface area contributed by atoms with E-state index in [1.165, 1.54) is 0 Å². The van der Waals surface area contributed by atoms with Crippen molar-refractivity contribution < 1.29 is 19.1 Å². The van der Waals surface area contributed by atoms with Crippen molar-refractivity contribution in [2.24, 2.45) is 11.5 Å². The van der Waals surface area contributed by atoms with Crippen LogP contribution in [0.5, 0.6) is 5.75 Å². The average molecular weight is 495 g/mol. The normalized spacial score (nSPS) is 11.5. The fraction of sp³-hybridized carbons (Fsp3) is 0.269. The van der Waals surface area contributed by atoms with Crippen molar-refractivity contribution in [1.29, 1.82) is 0 Å². The highest BCUT2D eigenvalue weighted by Gasteiger charge is 2.21. The summed E-state index contributed by atoms with van der Waals surface area (Å²) < 4.78 is 5.24. The molecule has 8 nitrogen and oxygen atoms in total. The standard InChI is InChI=1S/C26H30N4O4S/c27-15-19-3-5-20(6-4-19)16-29-26(33)23(14-22-2-1-13-35-22)30-25(32)12-9-18-7-10-21(11-8-18)34-17-24(28)31/h1-8,10-11,13,23H,9,12,14-17,27H2,(H2,28,31)(H,29,33)(H,30,32)/t23-/m0/s1. The Morgan fingerprint density at radius 1 is 0.943 bits per heavy atom. The monoisotopic (exact) mass is 494 g/mol. The number of rotatable bonds is 13. The molecule has 1 heterocycles. The molecule has 0 aliphatic heterocycles. The Bertz CT molecular complexity index is 1100. The molecule has 9 heteroatoms. The summed E-state index contributed by atoms with van der Waals surface area (Å²) in [6.07, 6.45) is 1.16. The van der Waals surface area contributed by atoms with Crippen LogP contribution in [0.3, 0.4) is 0 Å². The van der Waals surface area contributed by atoms with Crippen molar-refractivity contribution in [3.05, 3.63) is 87.6 Å². The van der Waals surface area contributed by atoms with Crippen LogP contribution in [0.4, 0.5) is 0 Å². The molecular formula is C26H30N4O4S. The second-order valence-electron chi connectivity index (χ2n) is 8.04. The summed E-state index contributed by atoms with van der Waals surface area (Å²) in [7, 11) is 0. The molecule has 0 spiro atoms. The number of benzene rings is 2. The van der Waals surface area contributed by atoms with E-state index in [-0.39, 0.29) is 24.8 Å². The highest BCUT2D eigenvalue weighted by Crippen LogP contribution is 2.14. The first-order chi connectivity index (χ1) is 16.9. The zero-order chi connectivity index (χ0) is 25.0. The smallest absolute Gasteiger partial charge is 0.255 e. The number of amides is 3. The summed E-state index contributed by atoms with van der Waals surface area (Å²) in [5, 5.41) is 7.76. The van der Waals surface area contributed by atoms with Crippen LogP contribution in [0.15, 0.2) is 66.0 Å². The number of primary amides is 1. The molecule has 0 saturated carbocycles. The number of aryl methyl sites for hydroxylation is 1. The van der Waals surface area contributed by atoms with Crippen LogP contribution in [0.25, 0.3) is 0 Å². The maximum Gasteiger partial charge on any atom is 0.255 e.